The number of halogens is 1. The maximum atomic E-state index is 10.3. The molecule has 0 saturated carbocycles. The Labute approximate surface area is 126 Å². The quantitative estimate of drug-likeness (QED) is 0.937. The smallest absolute Gasteiger partial charge is 0.125 e. The van der Waals surface area contributed by atoms with E-state index in [2.05, 4.69) is 32.0 Å². The number of aryl methyl sites for hydroxylation is 1. The van der Waals surface area contributed by atoms with Crippen LogP contribution in [0, 0.1) is 6.92 Å². The number of rotatable bonds is 3. The second-order valence-electron chi connectivity index (χ2n) is 4.95. The molecule has 0 radical (unpaired) electrons. The summed E-state index contributed by atoms with van der Waals surface area (Å²) >= 11 is 3.51. The predicted octanol–water partition coefficient (Wildman–Crippen LogP) is 2.76. The summed E-state index contributed by atoms with van der Waals surface area (Å²) in [4.78, 5) is 8.39. The Kier molecular flexibility index (Phi) is 3.72. The SMILES string of the molecule is Cc1cnc(C(O)Cc2cc(Br)cc3c2OCC3)cn1. The predicted molar refractivity (Wildman–Crippen MR) is 78.8 cm³/mol. The third-order valence-corrected chi connectivity index (χ3v) is 3.84. The van der Waals surface area contributed by atoms with Gasteiger partial charge < -0.3 is 9.84 Å². The number of aliphatic hydroxyl groups excluding tert-OH is 1. The molecule has 0 fully saturated rings. The van der Waals surface area contributed by atoms with Crippen LogP contribution in [0.2, 0.25) is 0 Å². The van der Waals surface area contributed by atoms with E-state index in [1.54, 1.807) is 12.4 Å². The standard InChI is InChI=1S/C15H15BrN2O2/c1-9-7-18-13(8-17-9)14(19)6-11-5-12(16)4-10-2-3-20-15(10)11/h4-5,7-8,14,19H,2-3,6H2,1H3. The molecule has 1 aliphatic heterocycles. The Hall–Kier alpha value is -1.46. The van der Waals surface area contributed by atoms with Gasteiger partial charge in [0.1, 0.15) is 11.9 Å². The molecule has 20 heavy (non-hydrogen) atoms. The summed E-state index contributed by atoms with van der Waals surface area (Å²) in [6.45, 7) is 2.58. The molecule has 3 rings (SSSR count). The molecule has 5 heteroatoms. The molecule has 1 aromatic heterocycles. The summed E-state index contributed by atoms with van der Waals surface area (Å²) in [5, 5.41) is 10.3. The molecule has 0 saturated heterocycles. The molecule has 1 atom stereocenters. The highest BCUT2D eigenvalue weighted by molar-refractivity contribution is 9.10. The molecule has 0 amide bonds. The number of fused-ring (bicyclic) bond motifs is 1. The fourth-order valence-corrected chi connectivity index (χ4v) is 2.94. The molecule has 0 aliphatic carbocycles. The molecule has 1 aromatic carbocycles. The summed E-state index contributed by atoms with van der Waals surface area (Å²) in [5.74, 6) is 0.910. The summed E-state index contributed by atoms with van der Waals surface area (Å²) in [7, 11) is 0. The fraction of sp³-hybridized carbons (Fsp3) is 0.333. The lowest BCUT2D eigenvalue weighted by Crippen LogP contribution is -2.06. The van der Waals surface area contributed by atoms with Crippen molar-refractivity contribution in [1.29, 1.82) is 0 Å². The van der Waals surface area contributed by atoms with Crippen LogP contribution in [0.1, 0.15) is 28.6 Å². The minimum atomic E-state index is -0.675. The number of nitrogens with zero attached hydrogens (tertiary/aromatic N) is 2. The monoisotopic (exact) mass is 334 g/mol. The van der Waals surface area contributed by atoms with E-state index < -0.39 is 6.10 Å². The number of aliphatic hydroxyl groups is 1. The first-order chi connectivity index (χ1) is 9.63. The van der Waals surface area contributed by atoms with Crippen molar-refractivity contribution in [3.05, 3.63) is 51.5 Å². The summed E-state index contributed by atoms with van der Waals surface area (Å²) < 4.78 is 6.69. The highest BCUT2D eigenvalue weighted by atomic mass is 79.9. The zero-order chi connectivity index (χ0) is 14.1. The summed E-state index contributed by atoms with van der Waals surface area (Å²) in [5.41, 5.74) is 3.62. The molecule has 0 bridgehead atoms. The maximum absolute atomic E-state index is 10.3. The molecule has 104 valence electrons. The Balaban J connectivity index is 1.86. The van der Waals surface area contributed by atoms with Gasteiger partial charge in [0.2, 0.25) is 0 Å². The molecule has 2 aromatic rings. The van der Waals surface area contributed by atoms with Crippen LogP contribution in [-0.4, -0.2) is 21.7 Å². The minimum Gasteiger partial charge on any atom is -0.493 e. The lowest BCUT2D eigenvalue weighted by molar-refractivity contribution is 0.171. The summed E-state index contributed by atoms with van der Waals surface area (Å²) in [6, 6.07) is 4.07. The van der Waals surface area contributed by atoms with Crippen molar-refractivity contribution in [2.45, 2.75) is 25.9 Å². The third kappa shape index (κ3) is 2.69. The lowest BCUT2D eigenvalue weighted by atomic mass is 10.0. The van der Waals surface area contributed by atoms with Gasteiger partial charge in [0.25, 0.3) is 0 Å². The van der Waals surface area contributed by atoms with Crippen molar-refractivity contribution < 1.29 is 9.84 Å². The Morgan fingerprint density at radius 2 is 2.20 bits per heavy atom. The molecular weight excluding hydrogens is 320 g/mol. The zero-order valence-electron chi connectivity index (χ0n) is 11.1. The van der Waals surface area contributed by atoms with E-state index in [-0.39, 0.29) is 0 Å². The van der Waals surface area contributed by atoms with Crippen molar-refractivity contribution in [3.8, 4) is 5.75 Å². The second kappa shape index (κ2) is 5.50. The molecule has 0 spiro atoms. The molecule has 1 unspecified atom stereocenters. The van der Waals surface area contributed by atoms with Gasteiger partial charge in [0.05, 0.1) is 24.2 Å². The normalized spacial score (nSPS) is 14.8. The van der Waals surface area contributed by atoms with E-state index >= 15 is 0 Å². The van der Waals surface area contributed by atoms with E-state index in [9.17, 15) is 5.11 Å². The number of hydrogen-bond acceptors (Lipinski definition) is 4. The van der Waals surface area contributed by atoms with Crippen LogP contribution in [-0.2, 0) is 12.8 Å². The van der Waals surface area contributed by atoms with Crippen molar-refractivity contribution in [3.63, 3.8) is 0 Å². The molecule has 2 heterocycles. The van der Waals surface area contributed by atoms with Gasteiger partial charge in [-0.05, 0) is 30.2 Å². The van der Waals surface area contributed by atoms with E-state index in [4.69, 9.17) is 4.74 Å². The van der Waals surface area contributed by atoms with Crippen molar-refractivity contribution in [1.82, 2.24) is 9.97 Å². The first kappa shape index (κ1) is 13.5. The van der Waals surface area contributed by atoms with E-state index in [1.165, 1.54) is 5.56 Å². The third-order valence-electron chi connectivity index (χ3n) is 3.38. The topological polar surface area (TPSA) is 55.2 Å². The van der Waals surface area contributed by atoms with E-state index in [1.807, 2.05) is 13.0 Å². The molecule has 1 N–H and O–H groups in total. The summed E-state index contributed by atoms with van der Waals surface area (Å²) in [6.07, 6.45) is 4.01. The molecule has 1 aliphatic rings. The molecule has 4 nitrogen and oxygen atoms in total. The van der Waals surface area contributed by atoms with Crippen LogP contribution in [0.5, 0.6) is 5.75 Å². The lowest BCUT2D eigenvalue weighted by Gasteiger charge is -2.13. The maximum Gasteiger partial charge on any atom is 0.125 e. The van der Waals surface area contributed by atoms with Crippen molar-refractivity contribution >= 4 is 15.9 Å². The van der Waals surface area contributed by atoms with Gasteiger partial charge in [0.15, 0.2) is 0 Å². The van der Waals surface area contributed by atoms with E-state index in [0.717, 1.165) is 27.9 Å². The van der Waals surface area contributed by atoms with Gasteiger partial charge in [-0.15, -0.1) is 0 Å². The zero-order valence-corrected chi connectivity index (χ0v) is 12.7. The first-order valence-corrected chi connectivity index (χ1v) is 7.33. The van der Waals surface area contributed by atoms with Crippen molar-refractivity contribution in [2.75, 3.05) is 6.61 Å². The van der Waals surface area contributed by atoms with Crippen LogP contribution in [0.4, 0.5) is 0 Å². The number of hydrogen-bond donors (Lipinski definition) is 1. The van der Waals surface area contributed by atoms with Crippen LogP contribution >= 0.6 is 15.9 Å². The highest BCUT2D eigenvalue weighted by Gasteiger charge is 2.20. The van der Waals surface area contributed by atoms with Gasteiger partial charge in [-0.25, -0.2) is 0 Å². The number of aromatic nitrogens is 2. The Bertz CT molecular complexity index is 629. The fourth-order valence-electron chi connectivity index (χ4n) is 2.39. The second-order valence-corrected chi connectivity index (χ2v) is 5.87. The van der Waals surface area contributed by atoms with Gasteiger partial charge >= 0.3 is 0 Å². The number of benzene rings is 1. The largest absolute Gasteiger partial charge is 0.493 e. The number of ether oxygens (including phenoxy) is 1. The first-order valence-electron chi connectivity index (χ1n) is 6.54. The Morgan fingerprint density at radius 3 is 2.95 bits per heavy atom. The van der Waals surface area contributed by atoms with E-state index in [0.29, 0.717) is 18.7 Å². The molecular formula is C15H15BrN2O2. The van der Waals surface area contributed by atoms with Crippen LogP contribution < -0.4 is 4.74 Å². The van der Waals surface area contributed by atoms with Gasteiger partial charge in [-0.3, -0.25) is 9.97 Å². The van der Waals surface area contributed by atoms with Gasteiger partial charge in [-0.1, -0.05) is 15.9 Å². The average molecular weight is 335 g/mol. The average Bonchev–Trinajstić information content (AvgIpc) is 2.87. The van der Waals surface area contributed by atoms with Crippen LogP contribution in [0.25, 0.3) is 0 Å². The van der Waals surface area contributed by atoms with Gasteiger partial charge in [0, 0.05) is 23.5 Å². The Morgan fingerprint density at radius 1 is 1.35 bits per heavy atom. The van der Waals surface area contributed by atoms with Crippen molar-refractivity contribution in [2.24, 2.45) is 0 Å². The van der Waals surface area contributed by atoms with Crippen LogP contribution in [0.15, 0.2) is 29.0 Å². The minimum absolute atomic E-state index is 0.472. The highest BCUT2D eigenvalue weighted by Crippen LogP contribution is 2.35. The van der Waals surface area contributed by atoms with Gasteiger partial charge in [-0.2, -0.15) is 0 Å². The van der Waals surface area contributed by atoms with Crippen LogP contribution in [0.3, 0.4) is 0 Å².